The van der Waals surface area contributed by atoms with Gasteiger partial charge in [0.05, 0.1) is 23.7 Å². The molecule has 0 saturated carbocycles. The molecular formula is C22H22FN5O2S. The molecule has 31 heavy (non-hydrogen) atoms. The van der Waals surface area contributed by atoms with Gasteiger partial charge in [-0.1, -0.05) is 35.6 Å². The van der Waals surface area contributed by atoms with Crippen LogP contribution in [0.2, 0.25) is 0 Å². The van der Waals surface area contributed by atoms with Crippen LogP contribution >= 0.6 is 11.3 Å². The third-order valence-electron chi connectivity index (χ3n) is 5.69. The van der Waals surface area contributed by atoms with Crippen molar-refractivity contribution in [3.05, 3.63) is 71.1 Å². The van der Waals surface area contributed by atoms with Gasteiger partial charge in [0.2, 0.25) is 10.8 Å². The van der Waals surface area contributed by atoms with Crippen molar-refractivity contribution in [2.45, 2.75) is 6.04 Å². The van der Waals surface area contributed by atoms with Crippen molar-refractivity contribution in [3.63, 3.8) is 0 Å². The summed E-state index contributed by atoms with van der Waals surface area (Å²) in [7, 11) is 1.64. The lowest BCUT2D eigenvalue weighted by atomic mass is 10.0. The summed E-state index contributed by atoms with van der Waals surface area (Å²) < 4.78 is 21.0. The average molecular weight is 440 g/mol. The zero-order valence-electron chi connectivity index (χ0n) is 17.0. The first-order valence-electron chi connectivity index (χ1n) is 10.0. The van der Waals surface area contributed by atoms with Gasteiger partial charge in [-0.2, -0.15) is 9.61 Å². The summed E-state index contributed by atoms with van der Waals surface area (Å²) in [5.74, 6) is 0.680. The maximum absolute atomic E-state index is 14.3. The minimum atomic E-state index is -0.203. The summed E-state index contributed by atoms with van der Waals surface area (Å²) in [4.78, 5) is 10.1. The lowest BCUT2D eigenvalue weighted by molar-refractivity contribution is 0.210. The van der Waals surface area contributed by atoms with Gasteiger partial charge in [-0.05, 0) is 29.8 Å². The molecular weight excluding hydrogens is 417 g/mol. The number of hydrogen-bond donors (Lipinski definition) is 1. The molecule has 0 spiro atoms. The normalized spacial score (nSPS) is 16.0. The van der Waals surface area contributed by atoms with Gasteiger partial charge in [0, 0.05) is 26.2 Å². The van der Waals surface area contributed by atoms with Gasteiger partial charge in [-0.25, -0.2) is 9.37 Å². The lowest BCUT2D eigenvalue weighted by Gasteiger charge is -2.40. The molecule has 0 amide bonds. The van der Waals surface area contributed by atoms with Gasteiger partial charge < -0.3 is 14.7 Å². The molecule has 1 unspecified atom stereocenters. The number of ether oxygens (including phenoxy) is 1. The number of methoxy groups -OCH3 is 1. The van der Waals surface area contributed by atoms with E-state index in [-0.39, 0.29) is 17.7 Å². The minimum Gasteiger partial charge on any atom is -0.497 e. The van der Waals surface area contributed by atoms with Crippen LogP contribution in [-0.2, 0) is 0 Å². The fraction of sp³-hybridized carbons (Fsp3) is 0.273. The highest BCUT2D eigenvalue weighted by molar-refractivity contribution is 7.17. The number of aromatic nitrogens is 3. The first-order valence-corrected chi connectivity index (χ1v) is 10.9. The van der Waals surface area contributed by atoms with Crippen LogP contribution in [0.4, 0.5) is 10.1 Å². The molecule has 0 bridgehead atoms. The second-order valence-corrected chi connectivity index (χ2v) is 8.40. The molecule has 4 aromatic rings. The molecule has 5 rings (SSSR count). The largest absolute Gasteiger partial charge is 0.497 e. The van der Waals surface area contributed by atoms with Crippen LogP contribution in [0.25, 0.3) is 4.96 Å². The quantitative estimate of drug-likeness (QED) is 0.513. The number of para-hydroxylation sites is 1. The van der Waals surface area contributed by atoms with Gasteiger partial charge in [0.1, 0.15) is 17.9 Å². The van der Waals surface area contributed by atoms with Crippen molar-refractivity contribution in [2.75, 3.05) is 38.2 Å². The Bertz CT molecular complexity index is 1180. The van der Waals surface area contributed by atoms with E-state index >= 15 is 0 Å². The number of piperazine rings is 1. The van der Waals surface area contributed by atoms with E-state index in [1.54, 1.807) is 13.2 Å². The SMILES string of the molecule is COc1ccc(C(c2sc3ncnn3c2O)N2CCN(c3ccccc3F)CC2)cc1. The monoisotopic (exact) mass is 439 g/mol. The zero-order valence-corrected chi connectivity index (χ0v) is 17.8. The molecule has 1 aliphatic heterocycles. The van der Waals surface area contributed by atoms with Gasteiger partial charge in [0.25, 0.3) is 0 Å². The number of rotatable bonds is 5. The van der Waals surface area contributed by atoms with E-state index in [0.29, 0.717) is 23.7 Å². The fourth-order valence-electron chi connectivity index (χ4n) is 4.12. The van der Waals surface area contributed by atoms with Crippen LogP contribution in [0.15, 0.2) is 54.9 Å². The maximum Gasteiger partial charge on any atom is 0.230 e. The Morgan fingerprint density at radius 1 is 1.06 bits per heavy atom. The van der Waals surface area contributed by atoms with Crippen LogP contribution < -0.4 is 9.64 Å². The molecule has 1 saturated heterocycles. The Labute approximate surface area is 182 Å². The van der Waals surface area contributed by atoms with E-state index in [1.807, 2.05) is 36.4 Å². The second-order valence-electron chi connectivity index (χ2n) is 7.39. The van der Waals surface area contributed by atoms with Crippen LogP contribution in [0, 0.1) is 5.82 Å². The van der Waals surface area contributed by atoms with Gasteiger partial charge >= 0.3 is 0 Å². The maximum atomic E-state index is 14.3. The molecule has 0 aliphatic carbocycles. The van der Waals surface area contributed by atoms with E-state index in [2.05, 4.69) is 19.9 Å². The van der Waals surface area contributed by atoms with Crippen molar-refractivity contribution in [1.82, 2.24) is 19.5 Å². The Hall–Kier alpha value is -3.17. The molecule has 9 heteroatoms. The first-order chi connectivity index (χ1) is 15.2. The summed E-state index contributed by atoms with van der Waals surface area (Å²) in [5, 5.41) is 15.0. The number of nitrogens with zero attached hydrogens (tertiary/aromatic N) is 5. The van der Waals surface area contributed by atoms with Crippen molar-refractivity contribution in [2.24, 2.45) is 0 Å². The second kappa shape index (κ2) is 8.16. The minimum absolute atomic E-state index is 0.106. The Morgan fingerprint density at radius 2 is 1.81 bits per heavy atom. The number of fused-ring (bicyclic) bond motifs is 1. The number of thiazole rings is 1. The molecule has 3 heterocycles. The van der Waals surface area contributed by atoms with E-state index in [9.17, 15) is 9.50 Å². The first kappa shape index (κ1) is 19.8. The van der Waals surface area contributed by atoms with Crippen molar-refractivity contribution < 1.29 is 14.2 Å². The van der Waals surface area contributed by atoms with E-state index < -0.39 is 0 Å². The molecule has 7 nitrogen and oxygen atoms in total. The van der Waals surface area contributed by atoms with Gasteiger partial charge in [-0.3, -0.25) is 4.90 Å². The third-order valence-corrected chi connectivity index (χ3v) is 6.78. The number of anilines is 1. The van der Waals surface area contributed by atoms with Crippen LogP contribution in [0.1, 0.15) is 16.5 Å². The molecule has 1 atom stereocenters. The highest BCUT2D eigenvalue weighted by atomic mass is 32.1. The summed E-state index contributed by atoms with van der Waals surface area (Å²) in [6.07, 6.45) is 1.44. The predicted octanol–water partition coefficient (Wildman–Crippen LogP) is 3.56. The molecule has 0 radical (unpaired) electrons. The van der Waals surface area contributed by atoms with E-state index in [4.69, 9.17) is 4.74 Å². The van der Waals surface area contributed by atoms with E-state index in [1.165, 1.54) is 28.2 Å². The highest BCUT2D eigenvalue weighted by Crippen LogP contribution is 2.40. The Morgan fingerprint density at radius 3 is 2.48 bits per heavy atom. The molecule has 1 aliphatic rings. The Balaban J connectivity index is 1.47. The molecule has 1 fully saturated rings. The number of benzene rings is 2. The molecule has 160 valence electrons. The molecule has 1 N–H and O–H groups in total. The smallest absolute Gasteiger partial charge is 0.230 e. The van der Waals surface area contributed by atoms with Gasteiger partial charge in [0.15, 0.2) is 0 Å². The van der Waals surface area contributed by atoms with Crippen molar-refractivity contribution in [3.8, 4) is 11.6 Å². The van der Waals surface area contributed by atoms with Crippen molar-refractivity contribution >= 4 is 22.0 Å². The molecule has 2 aromatic heterocycles. The number of hydrogen-bond acceptors (Lipinski definition) is 7. The molecule has 2 aromatic carbocycles. The van der Waals surface area contributed by atoms with Crippen LogP contribution in [-0.4, -0.2) is 57.9 Å². The Kier molecular flexibility index (Phi) is 5.21. The van der Waals surface area contributed by atoms with Crippen molar-refractivity contribution in [1.29, 1.82) is 0 Å². The lowest BCUT2D eigenvalue weighted by Crippen LogP contribution is -2.48. The summed E-state index contributed by atoms with van der Waals surface area (Å²) in [5.41, 5.74) is 1.67. The summed E-state index contributed by atoms with van der Waals surface area (Å²) in [6, 6.07) is 14.6. The van der Waals surface area contributed by atoms with E-state index in [0.717, 1.165) is 29.3 Å². The third kappa shape index (κ3) is 3.60. The zero-order chi connectivity index (χ0) is 21.4. The fourth-order valence-corrected chi connectivity index (χ4v) is 5.21. The van der Waals surface area contributed by atoms with Crippen LogP contribution in [0.5, 0.6) is 11.6 Å². The van der Waals surface area contributed by atoms with Gasteiger partial charge in [-0.15, -0.1) is 0 Å². The highest BCUT2D eigenvalue weighted by Gasteiger charge is 2.32. The van der Waals surface area contributed by atoms with Crippen LogP contribution in [0.3, 0.4) is 0 Å². The standard InChI is InChI=1S/C22H22FN5O2S/c1-30-16-8-6-15(7-9-16)19(20-21(29)28-22(31-20)24-14-25-28)27-12-10-26(11-13-27)18-5-3-2-4-17(18)23/h2-9,14,19,29H,10-13H2,1H3. The number of halogens is 1. The summed E-state index contributed by atoms with van der Waals surface area (Å²) in [6.45, 7) is 2.82. The summed E-state index contributed by atoms with van der Waals surface area (Å²) >= 11 is 1.43. The topological polar surface area (TPSA) is 66.1 Å². The number of aromatic hydroxyl groups is 1. The predicted molar refractivity (Wildman–Crippen MR) is 118 cm³/mol. The average Bonchev–Trinajstić information content (AvgIpc) is 3.39.